The van der Waals surface area contributed by atoms with Crippen LogP contribution in [0.15, 0.2) is 41.1 Å². The molecule has 0 radical (unpaired) electrons. The number of allylic oxidation sites excluding steroid dienone is 1. The molecule has 1 amide bonds. The van der Waals surface area contributed by atoms with Gasteiger partial charge in [0.2, 0.25) is 0 Å². The zero-order chi connectivity index (χ0) is 15.9. The van der Waals surface area contributed by atoms with Gasteiger partial charge in [-0.3, -0.25) is 9.00 Å². The molecule has 2 heterocycles. The number of dihydropyridines is 1. The first-order valence-corrected chi connectivity index (χ1v) is 9.02. The highest BCUT2D eigenvalue weighted by atomic mass is 35.5. The highest BCUT2D eigenvalue weighted by molar-refractivity contribution is 7.88. The molecule has 2 aliphatic rings. The number of carbonyl (C=O) groups excluding carboxylic acids is 1. The van der Waals surface area contributed by atoms with Crippen molar-refractivity contribution < 1.29 is 9.00 Å². The van der Waals surface area contributed by atoms with E-state index in [1.54, 1.807) is 23.3 Å². The number of fused-ring (bicyclic) bond motifs is 1. The van der Waals surface area contributed by atoms with Gasteiger partial charge in [0, 0.05) is 45.3 Å². The number of halogens is 1. The third-order valence-corrected chi connectivity index (χ3v) is 5.36. The Kier molecular flexibility index (Phi) is 4.10. The summed E-state index contributed by atoms with van der Waals surface area (Å²) in [5.74, 6) is -0.0435. The Balaban J connectivity index is 1.93. The zero-order valence-corrected chi connectivity index (χ0v) is 14.0. The van der Waals surface area contributed by atoms with Crippen molar-refractivity contribution in [3.63, 3.8) is 0 Å². The smallest absolute Gasteiger partial charge is 0.258 e. The lowest BCUT2D eigenvalue weighted by molar-refractivity contribution is 0.0795. The third kappa shape index (κ3) is 2.71. The molecule has 4 nitrogen and oxygen atoms in total. The monoisotopic (exact) mass is 336 g/mol. The molecule has 0 aliphatic carbocycles. The maximum atomic E-state index is 12.7. The van der Waals surface area contributed by atoms with Crippen molar-refractivity contribution in [2.75, 3.05) is 12.8 Å². The summed E-state index contributed by atoms with van der Waals surface area (Å²) >= 11 is 5.99. The van der Waals surface area contributed by atoms with E-state index in [-0.39, 0.29) is 11.9 Å². The lowest BCUT2D eigenvalue weighted by atomic mass is 9.98. The maximum Gasteiger partial charge on any atom is 0.258 e. The molecule has 2 atom stereocenters. The predicted molar refractivity (Wildman–Crippen MR) is 89.0 cm³/mol. The summed E-state index contributed by atoms with van der Waals surface area (Å²) in [5.41, 5.74) is 2.42. The molecule has 0 saturated heterocycles. The standard InChI is InChI=1S/C16H17ClN2O2S/c1-10-15(22(2)21)8-13(9-18-10)19-6-5-11-7-12(17)3-4-14(11)16(19)20/h3-4,7-10,18H,5-6H2,1-2H3. The van der Waals surface area contributed by atoms with Crippen LogP contribution in [0.1, 0.15) is 22.8 Å². The van der Waals surface area contributed by atoms with Gasteiger partial charge in [-0.05, 0) is 43.2 Å². The summed E-state index contributed by atoms with van der Waals surface area (Å²) in [5, 5.41) is 3.83. The SMILES string of the molecule is CC1NC=C(N2CCc3cc(Cl)ccc3C2=O)C=C1S(C)=O. The predicted octanol–water partition coefficient (Wildman–Crippen LogP) is 2.43. The number of nitrogens with zero attached hydrogens (tertiary/aromatic N) is 1. The van der Waals surface area contributed by atoms with Gasteiger partial charge in [-0.1, -0.05) is 11.6 Å². The fraction of sp³-hybridized carbons (Fsp3) is 0.312. The molecule has 2 aliphatic heterocycles. The van der Waals surface area contributed by atoms with E-state index in [1.807, 2.05) is 25.3 Å². The van der Waals surface area contributed by atoms with Gasteiger partial charge in [-0.2, -0.15) is 0 Å². The van der Waals surface area contributed by atoms with Gasteiger partial charge < -0.3 is 10.2 Å². The Morgan fingerprint density at radius 3 is 2.91 bits per heavy atom. The van der Waals surface area contributed by atoms with Crippen LogP contribution in [-0.2, 0) is 17.2 Å². The topological polar surface area (TPSA) is 49.4 Å². The first-order valence-electron chi connectivity index (χ1n) is 7.09. The van der Waals surface area contributed by atoms with E-state index in [0.717, 1.165) is 22.6 Å². The average molecular weight is 337 g/mol. The summed E-state index contributed by atoms with van der Waals surface area (Å²) in [6, 6.07) is 5.37. The Morgan fingerprint density at radius 1 is 1.41 bits per heavy atom. The first kappa shape index (κ1) is 15.3. The number of amides is 1. The molecular weight excluding hydrogens is 320 g/mol. The summed E-state index contributed by atoms with van der Waals surface area (Å²) in [4.78, 5) is 15.2. The Labute approximate surface area is 137 Å². The van der Waals surface area contributed by atoms with E-state index in [9.17, 15) is 9.00 Å². The van der Waals surface area contributed by atoms with Crippen molar-refractivity contribution in [2.24, 2.45) is 0 Å². The normalized spacial score (nSPS) is 22.4. The van der Waals surface area contributed by atoms with Crippen LogP contribution in [0.3, 0.4) is 0 Å². The van der Waals surface area contributed by atoms with E-state index in [0.29, 0.717) is 17.1 Å². The van der Waals surface area contributed by atoms with Crippen LogP contribution < -0.4 is 5.32 Å². The van der Waals surface area contributed by atoms with Gasteiger partial charge >= 0.3 is 0 Å². The van der Waals surface area contributed by atoms with Gasteiger partial charge in [0.05, 0.1) is 11.7 Å². The zero-order valence-electron chi connectivity index (χ0n) is 12.4. The van der Waals surface area contributed by atoms with E-state index in [2.05, 4.69) is 5.32 Å². The Bertz CT molecular complexity index is 727. The van der Waals surface area contributed by atoms with Crippen LogP contribution in [0, 0.1) is 0 Å². The van der Waals surface area contributed by atoms with Crippen LogP contribution in [0.25, 0.3) is 0 Å². The van der Waals surface area contributed by atoms with Gasteiger partial charge in [0.15, 0.2) is 0 Å². The van der Waals surface area contributed by atoms with Crippen LogP contribution >= 0.6 is 11.6 Å². The van der Waals surface area contributed by atoms with Gasteiger partial charge in [0.25, 0.3) is 5.91 Å². The lowest BCUT2D eigenvalue weighted by Gasteiger charge is -2.32. The summed E-state index contributed by atoms with van der Waals surface area (Å²) in [7, 11) is -1.06. The number of rotatable bonds is 2. The molecule has 0 bridgehead atoms. The van der Waals surface area contributed by atoms with Crippen molar-refractivity contribution in [3.8, 4) is 0 Å². The fourth-order valence-corrected chi connectivity index (χ4v) is 3.84. The fourth-order valence-electron chi connectivity index (χ4n) is 2.80. The number of hydrogen-bond donors (Lipinski definition) is 1. The minimum Gasteiger partial charge on any atom is -0.382 e. The Hall–Kier alpha value is -1.59. The first-order chi connectivity index (χ1) is 10.5. The second-order valence-corrected chi connectivity index (χ2v) is 7.28. The van der Waals surface area contributed by atoms with E-state index >= 15 is 0 Å². The minimum atomic E-state index is -1.06. The van der Waals surface area contributed by atoms with Crippen LogP contribution in [0.2, 0.25) is 5.02 Å². The molecule has 1 aromatic carbocycles. The quantitative estimate of drug-likeness (QED) is 0.902. The summed E-state index contributed by atoms with van der Waals surface area (Å²) < 4.78 is 11.8. The van der Waals surface area contributed by atoms with Crippen LogP contribution in [0.5, 0.6) is 0 Å². The molecule has 6 heteroatoms. The van der Waals surface area contributed by atoms with Crippen LogP contribution in [-0.4, -0.2) is 33.9 Å². The summed E-state index contributed by atoms with van der Waals surface area (Å²) in [6.07, 6.45) is 6.09. The number of hydrogen-bond acceptors (Lipinski definition) is 3. The highest BCUT2D eigenvalue weighted by Crippen LogP contribution is 2.27. The molecule has 0 aromatic heterocycles. The summed E-state index contributed by atoms with van der Waals surface area (Å²) in [6.45, 7) is 2.55. The van der Waals surface area contributed by atoms with Crippen molar-refractivity contribution in [1.29, 1.82) is 0 Å². The minimum absolute atomic E-state index is 0.0144. The van der Waals surface area contributed by atoms with E-state index < -0.39 is 10.8 Å². The molecule has 0 spiro atoms. The number of nitrogens with one attached hydrogen (secondary N) is 1. The van der Waals surface area contributed by atoms with Crippen molar-refractivity contribution in [1.82, 2.24) is 10.2 Å². The van der Waals surface area contributed by atoms with E-state index in [4.69, 9.17) is 11.6 Å². The van der Waals surface area contributed by atoms with Crippen molar-refractivity contribution in [2.45, 2.75) is 19.4 Å². The molecule has 1 N–H and O–H groups in total. The van der Waals surface area contributed by atoms with Gasteiger partial charge in [-0.15, -0.1) is 0 Å². The molecule has 0 saturated carbocycles. The van der Waals surface area contributed by atoms with Crippen molar-refractivity contribution in [3.05, 3.63) is 57.2 Å². The average Bonchev–Trinajstić information content (AvgIpc) is 2.48. The number of benzene rings is 1. The molecule has 1 aromatic rings. The Morgan fingerprint density at radius 2 is 2.18 bits per heavy atom. The molecule has 2 unspecified atom stereocenters. The molecule has 116 valence electrons. The third-order valence-electron chi connectivity index (χ3n) is 3.99. The molecular formula is C16H17ClN2O2S. The van der Waals surface area contributed by atoms with E-state index in [1.165, 1.54) is 0 Å². The van der Waals surface area contributed by atoms with Gasteiger partial charge in [-0.25, -0.2) is 0 Å². The second-order valence-electron chi connectivity index (χ2n) is 5.47. The maximum absolute atomic E-state index is 12.7. The van der Waals surface area contributed by atoms with Gasteiger partial charge in [0.1, 0.15) is 0 Å². The molecule has 3 rings (SSSR count). The second kappa shape index (κ2) is 5.89. The largest absolute Gasteiger partial charge is 0.382 e. The lowest BCUT2D eigenvalue weighted by Crippen LogP contribution is -2.39. The molecule has 22 heavy (non-hydrogen) atoms. The van der Waals surface area contributed by atoms with Crippen LogP contribution in [0.4, 0.5) is 0 Å². The van der Waals surface area contributed by atoms with Crippen molar-refractivity contribution >= 4 is 28.3 Å². The number of carbonyl (C=O) groups is 1. The molecule has 0 fully saturated rings. The highest BCUT2D eigenvalue weighted by Gasteiger charge is 2.28.